The molecule has 0 radical (unpaired) electrons. The Kier molecular flexibility index (Phi) is 8.10. The number of nitrogens with zero attached hydrogens (tertiary/aromatic N) is 2. The minimum Gasteiger partial charge on any atom is -0.384 e. The third kappa shape index (κ3) is 6.39. The van der Waals surface area contributed by atoms with Gasteiger partial charge in [-0.3, -0.25) is 9.78 Å². The van der Waals surface area contributed by atoms with E-state index in [1.165, 1.54) is 6.20 Å². The van der Waals surface area contributed by atoms with Crippen LogP contribution < -0.4 is 5.32 Å². The van der Waals surface area contributed by atoms with Crippen LogP contribution in [0.15, 0.2) is 18.5 Å². The topological polar surface area (TPSA) is 65.5 Å². The van der Waals surface area contributed by atoms with Crippen molar-refractivity contribution < 1.29 is 9.90 Å². The maximum Gasteiger partial charge on any atom is 0.252 e. The Hall–Kier alpha value is -1.90. The second-order valence-corrected chi connectivity index (χ2v) is 4.61. The van der Waals surface area contributed by atoms with E-state index in [1.54, 1.807) is 12.3 Å². The first kappa shape index (κ1) is 17.2. The van der Waals surface area contributed by atoms with Gasteiger partial charge in [0, 0.05) is 31.0 Å². The minimum absolute atomic E-state index is 0.150. The number of likely N-dealkylation sites (N-methyl/N-ethyl adjacent to an activating group) is 1. The molecule has 0 spiro atoms. The van der Waals surface area contributed by atoms with E-state index >= 15 is 0 Å². The lowest BCUT2D eigenvalue weighted by Crippen LogP contribution is -2.35. The van der Waals surface area contributed by atoms with Gasteiger partial charge in [-0.2, -0.15) is 0 Å². The zero-order chi connectivity index (χ0) is 15.5. The summed E-state index contributed by atoms with van der Waals surface area (Å²) in [6, 6.07) is 1.68. The van der Waals surface area contributed by atoms with Crippen molar-refractivity contribution in [2.24, 2.45) is 0 Å². The number of carbonyl (C=O) groups is 1. The van der Waals surface area contributed by atoms with Gasteiger partial charge in [0.25, 0.3) is 5.91 Å². The molecule has 2 N–H and O–H groups in total. The van der Waals surface area contributed by atoms with Crippen molar-refractivity contribution in [2.75, 3.05) is 32.8 Å². The highest BCUT2D eigenvalue weighted by atomic mass is 16.2. The molecular formula is C16H23N3O2. The number of carbonyl (C=O) groups excluding carboxylic acids is 1. The van der Waals surface area contributed by atoms with Crippen molar-refractivity contribution in [3.05, 3.63) is 29.6 Å². The van der Waals surface area contributed by atoms with E-state index in [4.69, 9.17) is 5.11 Å². The summed E-state index contributed by atoms with van der Waals surface area (Å²) >= 11 is 0. The minimum atomic E-state index is -0.208. The molecule has 1 aromatic heterocycles. The van der Waals surface area contributed by atoms with Gasteiger partial charge >= 0.3 is 0 Å². The normalized spacial score (nSPS) is 10.1. The van der Waals surface area contributed by atoms with Gasteiger partial charge in [-0.25, -0.2) is 0 Å². The standard InChI is InChI=1S/C16H23N3O2/c1-3-8-19(4-2)9-7-18-16(21)15-11-14(6-5-10-20)12-17-13-15/h11-13,20H,3-4,7-10H2,1-2H3,(H,18,21). The molecule has 0 aliphatic carbocycles. The molecule has 1 rings (SSSR count). The third-order valence-corrected chi connectivity index (χ3v) is 3.01. The van der Waals surface area contributed by atoms with E-state index < -0.39 is 0 Å². The highest BCUT2D eigenvalue weighted by Crippen LogP contribution is 2.01. The molecule has 0 aliphatic heterocycles. The van der Waals surface area contributed by atoms with Crippen LogP contribution in [0, 0.1) is 11.8 Å². The van der Waals surface area contributed by atoms with Gasteiger partial charge in [0.1, 0.15) is 6.61 Å². The summed E-state index contributed by atoms with van der Waals surface area (Å²) in [5, 5.41) is 11.6. The van der Waals surface area contributed by atoms with Gasteiger partial charge < -0.3 is 15.3 Å². The Bertz CT molecular complexity index is 506. The summed E-state index contributed by atoms with van der Waals surface area (Å²) in [7, 11) is 0. The van der Waals surface area contributed by atoms with Gasteiger partial charge in [0.15, 0.2) is 0 Å². The van der Waals surface area contributed by atoms with Crippen molar-refractivity contribution >= 4 is 5.91 Å². The van der Waals surface area contributed by atoms with E-state index in [0.29, 0.717) is 17.7 Å². The molecule has 5 heteroatoms. The van der Waals surface area contributed by atoms with E-state index in [9.17, 15) is 4.79 Å². The van der Waals surface area contributed by atoms with Gasteiger partial charge in [0.2, 0.25) is 0 Å². The first-order chi connectivity index (χ1) is 10.2. The molecule has 1 amide bonds. The number of aromatic nitrogens is 1. The van der Waals surface area contributed by atoms with E-state index in [2.05, 4.69) is 40.9 Å². The number of pyridine rings is 1. The molecule has 0 fully saturated rings. The lowest BCUT2D eigenvalue weighted by molar-refractivity contribution is 0.0948. The molecule has 0 aromatic carbocycles. The molecule has 0 saturated carbocycles. The number of aliphatic hydroxyl groups excluding tert-OH is 1. The molecule has 114 valence electrons. The smallest absolute Gasteiger partial charge is 0.252 e. The lowest BCUT2D eigenvalue weighted by atomic mass is 10.2. The molecule has 5 nitrogen and oxygen atoms in total. The largest absolute Gasteiger partial charge is 0.384 e. The van der Waals surface area contributed by atoms with Crippen molar-refractivity contribution in [3.63, 3.8) is 0 Å². The monoisotopic (exact) mass is 289 g/mol. The number of nitrogens with one attached hydrogen (secondary N) is 1. The fourth-order valence-electron chi connectivity index (χ4n) is 1.95. The summed E-state index contributed by atoms with van der Waals surface area (Å²) in [6.07, 6.45) is 4.19. The quantitative estimate of drug-likeness (QED) is 0.732. The van der Waals surface area contributed by atoms with Crippen molar-refractivity contribution in [3.8, 4) is 11.8 Å². The lowest BCUT2D eigenvalue weighted by Gasteiger charge is -2.19. The van der Waals surface area contributed by atoms with Crippen molar-refractivity contribution in [2.45, 2.75) is 20.3 Å². The molecule has 0 saturated heterocycles. The first-order valence-electron chi connectivity index (χ1n) is 7.26. The zero-order valence-electron chi connectivity index (χ0n) is 12.7. The summed E-state index contributed by atoms with van der Waals surface area (Å²) in [6.45, 7) is 7.53. The van der Waals surface area contributed by atoms with Crippen LogP contribution in [0.4, 0.5) is 0 Å². The second kappa shape index (κ2) is 9.92. The Morgan fingerprint density at radius 2 is 2.19 bits per heavy atom. The maximum absolute atomic E-state index is 12.0. The second-order valence-electron chi connectivity index (χ2n) is 4.61. The number of hydrogen-bond acceptors (Lipinski definition) is 4. The third-order valence-electron chi connectivity index (χ3n) is 3.01. The van der Waals surface area contributed by atoms with E-state index in [0.717, 1.165) is 26.1 Å². The summed E-state index contributed by atoms with van der Waals surface area (Å²) in [5.41, 5.74) is 1.11. The van der Waals surface area contributed by atoms with Crippen LogP contribution in [0.5, 0.6) is 0 Å². The summed E-state index contributed by atoms with van der Waals surface area (Å²) in [4.78, 5) is 18.3. The van der Waals surface area contributed by atoms with Gasteiger partial charge in [-0.15, -0.1) is 0 Å². The van der Waals surface area contributed by atoms with Gasteiger partial charge in [-0.1, -0.05) is 25.7 Å². The molecule has 0 atom stereocenters. The molecule has 0 unspecified atom stereocenters. The van der Waals surface area contributed by atoms with E-state index in [-0.39, 0.29) is 12.5 Å². The average molecular weight is 289 g/mol. The van der Waals surface area contributed by atoms with Crippen molar-refractivity contribution in [1.29, 1.82) is 0 Å². The first-order valence-corrected chi connectivity index (χ1v) is 7.26. The zero-order valence-corrected chi connectivity index (χ0v) is 12.7. The van der Waals surface area contributed by atoms with Crippen LogP contribution in [-0.4, -0.2) is 53.7 Å². The van der Waals surface area contributed by atoms with E-state index in [1.807, 2.05) is 0 Å². The van der Waals surface area contributed by atoms with Crippen molar-refractivity contribution in [1.82, 2.24) is 15.2 Å². The predicted octanol–water partition coefficient (Wildman–Crippen LogP) is 0.887. The fraction of sp³-hybridized carbons (Fsp3) is 0.500. The number of hydrogen-bond donors (Lipinski definition) is 2. The SMILES string of the molecule is CCCN(CC)CCNC(=O)c1cncc(C#CCO)c1. The molecule has 0 bridgehead atoms. The molecule has 1 aromatic rings. The van der Waals surface area contributed by atoms with Gasteiger partial charge in [-0.05, 0) is 25.6 Å². The molecule has 0 aliphatic rings. The van der Waals surface area contributed by atoms with Gasteiger partial charge in [0.05, 0.1) is 5.56 Å². The number of rotatable bonds is 7. The van der Waals surface area contributed by atoms with Crippen LogP contribution in [0.25, 0.3) is 0 Å². The Balaban J connectivity index is 2.52. The average Bonchev–Trinajstić information content (AvgIpc) is 2.52. The Morgan fingerprint density at radius 3 is 2.86 bits per heavy atom. The molecule has 1 heterocycles. The summed E-state index contributed by atoms with van der Waals surface area (Å²) in [5.74, 6) is 5.13. The van der Waals surface area contributed by atoms with Crippen LogP contribution >= 0.6 is 0 Å². The fourth-order valence-corrected chi connectivity index (χ4v) is 1.95. The highest BCUT2D eigenvalue weighted by molar-refractivity contribution is 5.94. The highest BCUT2D eigenvalue weighted by Gasteiger charge is 2.07. The molecule has 21 heavy (non-hydrogen) atoms. The van der Waals surface area contributed by atoms with Crippen LogP contribution in [0.3, 0.4) is 0 Å². The maximum atomic E-state index is 12.0. The van der Waals surface area contributed by atoms with Crippen LogP contribution in [0.1, 0.15) is 36.2 Å². The predicted molar refractivity (Wildman–Crippen MR) is 82.9 cm³/mol. The molecular weight excluding hydrogens is 266 g/mol. The van der Waals surface area contributed by atoms with Crippen LogP contribution in [0.2, 0.25) is 0 Å². The Morgan fingerprint density at radius 1 is 1.38 bits per heavy atom. The van der Waals surface area contributed by atoms with Crippen LogP contribution in [-0.2, 0) is 0 Å². The Labute approximate surface area is 126 Å². The number of amides is 1. The number of aliphatic hydroxyl groups is 1. The summed E-state index contributed by atoms with van der Waals surface area (Å²) < 4.78 is 0.